The molecule has 0 aliphatic carbocycles. The topological polar surface area (TPSA) is 0 Å². The van der Waals surface area contributed by atoms with E-state index in [1.807, 2.05) is 11.8 Å². The summed E-state index contributed by atoms with van der Waals surface area (Å²) >= 11 is 2.03. The van der Waals surface area contributed by atoms with Gasteiger partial charge in [-0.2, -0.15) is 11.8 Å². The van der Waals surface area contributed by atoms with Crippen LogP contribution < -0.4 is 0 Å². The number of benzene rings is 1. The molecule has 0 aromatic heterocycles. The van der Waals surface area contributed by atoms with Gasteiger partial charge in [-0.25, -0.2) is 0 Å². The third-order valence-corrected chi connectivity index (χ3v) is 3.43. The van der Waals surface area contributed by atoms with Crippen molar-refractivity contribution in [2.75, 3.05) is 5.75 Å². The minimum absolute atomic E-state index is 1.17. The van der Waals surface area contributed by atoms with Gasteiger partial charge in [-0.3, -0.25) is 0 Å². The van der Waals surface area contributed by atoms with E-state index >= 15 is 0 Å². The Balaban J connectivity index is 2.64. The quantitative estimate of drug-likeness (QED) is 0.654. The van der Waals surface area contributed by atoms with E-state index in [1.165, 1.54) is 34.6 Å². The van der Waals surface area contributed by atoms with Crippen molar-refractivity contribution < 1.29 is 0 Å². The Bertz CT molecular complexity index is 246. The van der Waals surface area contributed by atoms with E-state index in [0.717, 1.165) is 0 Å². The van der Waals surface area contributed by atoms with Gasteiger partial charge >= 0.3 is 0 Å². The molecule has 72 valence electrons. The maximum Gasteiger partial charge on any atom is 0.0189 e. The highest BCUT2D eigenvalue weighted by Crippen LogP contribution is 2.20. The monoisotopic (exact) mass is 194 g/mol. The van der Waals surface area contributed by atoms with Crippen molar-refractivity contribution in [2.24, 2.45) is 0 Å². The zero-order valence-corrected chi connectivity index (χ0v) is 9.58. The largest absolute Gasteiger partial charge is 0.157 e. The maximum absolute atomic E-state index is 2.23. The van der Waals surface area contributed by atoms with Crippen LogP contribution in [0.3, 0.4) is 0 Å². The molecule has 0 heterocycles. The number of aryl methyl sites for hydroxylation is 2. The van der Waals surface area contributed by atoms with Crippen molar-refractivity contribution in [3.63, 3.8) is 0 Å². The second-order valence-corrected chi connectivity index (χ2v) is 4.53. The summed E-state index contributed by atoms with van der Waals surface area (Å²) in [5.74, 6) is 2.44. The number of thioether (sulfide) groups is 1. The summed E-state index contributed by atoms with van der Waals surface area (Å²) in [5, 5.41) is 0. The van der Waals surface area contributed by atoms with Gasteiger partial charge in [0, 0.05) is 5.75 Å². The van der Waals surface area contributed by atoms with Crippen LogP contribution in [-0.4, -0.2) is 5.75 Å². The highest BCUT2D eigenvalue weighted by molar-refractivity contribution is 7.98. The first-order chi connectivity index (χ1) is 6.25. The first kappa shape index (κ1) is 10.6. The lowest BCUT2D eigenvalue weighted by Gasteiger charge is -2.08. The number of hydrogen-bond donors (Lipinski definition) is 0. The molecule has 0 amide bonds. The molecule has 0 radical (unpaired) electrons. The molecule has 0 atom stereocenters. The Kier molecular flexibility index (Phi) is 4.37. The molecule has 1 rings (SSSR count). The Hall–Kier alpha value is -0.430. The van der Waals surface area contributed by atoms with Crippen LogP contribution in [0, 0.1) is 13.8 Å². The van der Waals surface area contributed by atoms with Crippen molar-refractivity contribution in [1.29, 1.82) is 0 Å². The molecule has 1 aromatic rings. The molecular weight excluding hydrogens is 176 g/mol. The summed E-state index contributed by atoms with van der Waals surface area (Å²) in [6, 6.07) is 6.54. The zero-order valence-electron chi connectivity index (χ0n) is 8.76. The SMILES string of the molecule is CCCSCc1c(C)cccc1C. The van der Waals surface area contributed by atoms with Gasteiger partial charge in [-0.15, -0.1) is 0 Å². The molecule has 0 fully saturated rings. The zero-order chi connectivity index (χ0) is 9.68. The smallest absolute Gasteiger partial charge is 0.0189 e. The van der Waals surface area contributed by atoms with E-state index in [9.17, 15) is 0 Å². The van der Waals surface area contributed by atoms with Gasteiger partial charge in [0.05, 0.1) is 0 Å². The fourth-order valence-corrected chi connectivity index (χ4v) is 2.49. The molecule has 0 spiro atoms. The highest BCUT2D eigenvalue weighted by atomic mass is 32.2. The second-order valence-electron chi connectivity index (χ2n) is 3.42. The molecule has 13 heavy (non-hydrogen) atoms. The predicted octanol–water partition coefficient (Wildman–Crippen LogP) is 3.95. The third-order valence-electron chi connectivity index (χ3n) is 2.24. The summed E-state index contributed by atoms with van der Waals surface area (Å²) in [6.07, 6.45) is 1.27. The van der Waals surface area contributed by atoms with Crippen LogP contribution in [0.5, 0.6) is 0 Å². The van der Waals surface area contributed by atoms with E-state index in [4.69, 9.17) is 0 Å². The predicted molar refractivity (Wildman–Crippen MR) is 62.4 cm³/mol. The Labute approximate surface area is 85.7 Å². The average Bonchev–Trinajstić information content (AvgIpc) is 2.10. The van der Waals surface area contributed by atoms with Gasteiger partial charge in [0.2, 0.25) is 0 Å². The van der Waals surface area contributed by atoms with Crippen molar-refractivity contribution in [3.05, 3.63) is 34.9 Å². The lowest BCUT2D eigenvalue weighted by atomic mass is 10.1. The summed E-state index contributed by atoms with van der Waals surface area (Å²) < 4.78 is 0. The van der Waals surface area contributed by atoms with Gasteiger partial charge in [0.15, 0.2) is 0 Å². The highest BCUT2D eigenvalue weighted by Gasteiger charge is 2.00. The molecule has 1 heteroatoms. The van der Waals surface area contributed by atoms with Crippen LogP contribution in [-0.2, 0) is 5.75 Å². The number of hydrogen-bond acceptors (Lipinski definition) is 1. The minimum atomic E-state index is 1.17. The molecule has 0 bridgehead atoms. The third kappa shape index (κ3) is 3.07. The van der Waals surface area contributed by atoms with Crippen molar-refractivity contribution in [2.45, 2.75) is 32.9 Å². The van der Waals surface area contributed by atoms with Crippen LogP contribution in [0.15, 0.2) is 18.2 Å². The van der Waals surface area contributed by atoms with E-state index in [1.54, 1.807) is 0 Å². The van der Waals surface area contributed by atoms with Gasteiger partial charge in [-0.05, 0) is 42.7 Å². The van der Waals surface area contributed by atoms with Crippen LogP contribution in [0.2, 0.25) is 0 Å². The van der Waals surface area contributed by atoms with Gasteiger partial charge in [0.25, 0.3) is 0 Å². The molecule has 0 nitrogen and oxygen atoms in total. The first-order valence-electron chi connectivity index (χ1n) is 4.88. The summed E-state index contributed by atoms with van der Waals surface area (Å²) in [7, 11) is 0. The van der Waals surface area contributed by atoms with Gasteiger partial charge in [0.1, 0.15) is 0 Å². The minimum Gasteiger partial charge on any atom is -0.157 e. The van der Waals surface area contributed by atoms with Gasteiger partial charge < -0.3 is 0 Å². The molecule has 0 aliphatic rings. The van der Waals surface area contributed by atoms with Crippen LogP contribution >= 0.6 is 11.8 Å². The number of rotatable bonds is 4. The summed E-state index contributed by atoms with van der Waals surface area (Å²) in [4.78, 5) is 0. The first-order valence-corrected chi connectivity index (χ1v) is 6.04. The molecular formula is C12H18S. The van der Waals surface area contributed by atoms with Crippen molar-refractivity contribution in [1.82, 2.24) is 0 Å². The van der Waals surface area contributed by atoms with E-state index in [-0.39, 0.29) is 0 Å². The molecule has 0 saturated carbocycles. The standard InChI is InChI=1S/C12H18S/c1-4-8-13-9-12-10(2)6-5-7-11(12)3/h5-7H,4,8-9H2,1-3H3. The van der Waals surface area contributed by atoms with Crippen LogP contribution in [0.4, 0.5) is 0 Å². The van der Waals surface area contributed by atoms with Crippen molar-refractivity contribution >= 4 is 11.8 Å². The Morgan fingerprint density at radius 3 is 2.31 bits per heavy atom. The average molecular weight is 194 g/mol. The van der Waals surface area contributed by atoms with Crippen LogP contribution in [0.25, 0.3) is 0 Å². The fraction of sp³-hybridized carbons (Fsp3) is 0.500. The van der Waals surface area contributed by atoms with E-state index < -0.39 is 0 Å². The Morgan fingerprint density at radius 2 is 1.77 bits per heavy atom. The molecule has 0 saturated heterocycles. The Morgan fingerprint density at radius 1 is 1.15 bits per heavy atom. The van der Waals surface area contributed by atoms with Gasteiger partial charge in [-0.1, -0.05) is 25.1 Å². The lowest BCUT2D eigenvalue weighted by molar-refractivity contribution is 1.10. The molecule has 0 unspecified atom stereocenters. The summed E-state index contributed by atoms with van der Waals surface area (Å²) in [5.41, 5.74) is 4.40. The lowest BCUT2D eigenvalue weighted by Crippen LogP contribution is -1.91. The molecule has 1 aromatic carbocycles. The fourth-order valence-electron chi connectivity index (χ4n) is 1.40. The summed E-state index contributed by atoms with van der Waals surface area (Å²) in [6.45, 7) is 6.64. The van der Waals surface area contributed by atoms with Crippen molar-refractivity contribution in [3.8, 4) is 0 Å². The van der Waals surface area contributed by atoms with Crippen LogP contribution in [0.1, 0.15) is 30.0 Å². The molecule has 0 N–H and O–H groups in total. The second kappa shape index (κ2) is 5.33. The normalized spacial score (nSPS) is 10.4. The molecule has 0 aliphatic heterocycles. The maximum atomic E-state index is 2.23. The van der Waals surface area contributed by atoms with E-state index in [0.29, 0.717) is 0 Å². The van der Waals surface area contributed by atoms with E-state index in [2.05, 4.69) is 39.0 Å².